The Hall–Kier alpha value is -1.57. The zero-order chi connectivity index (χ0) is 11.6. The van der Waals surface area contributed by atoms with Gasteiger partial charge in [0, 0.05) is 0 Å². The fourth-order valence-corrected chi connectivity index (χ4v) is 1.10. The van der Waals surface area contributed by atoms with Crippen molar-refractivity contribution in [3.63, 3.8) is 0 Å². The molecule has 0 radical (unpaired) electrons. The summed E-state index contributed by atoms with van der Waals surface area (Å²) in [5, 5.41) is 15.6. The molecule has 1 amide bonds. The van der Waals surface area contributed by atoms with Crippen molar-refractivity contribution in [3.05, 3.63) is 11.4 Å². The Bertz CT molecular complexity index is 364. The molecule has 3 N–H and O–H groups in total. The first-order valence-corrected chi connectivity index (χ1v) is 4.13. The number of alkyl halides is 2. The second-order valence-corrected chi connectivity index (χ2v) is 3.02. The molecule has 1 heterocycles. The number of aliphatic hydroxyl groups is 1. The number of hydrogen-bond donors (Lipinski definition) is 2. The van der Waals surface area contributed by atoms with Crippen LogP contribution >= 0.6 is 0 Å². The van der Waals surface area contributed by atoms with Crippen LogP contribution in [0.1, 0.15) is 29.5 Å². The van der Waals surface area contributed by atoms with Crippen LogP contribution in [0.2, 0.25) is 0 Å². The summed E-state index contributed by atoms with van der Waals surface area (Å²) in [6, 6.07) is 0. The molecule has 0 aromatic carbocycles. The summed E-state index contributed by atoms with van der Waals surface area (Å²) in [6.45, 7) is 1.24. The molecular formula is C7H10F2N4O2. The third kappa shape index (κ3) is 2.46. The minimum atomic E-state index is -2.92. The Morgan fingerprint density at radius 1 is 1.67 bits per heavy atom. The average Bonchev–Trinajstić information content (AvgIpc) is 2.46. The smallest absolute Gasteiger partial charge is 0.282 e. The highest BCUT2D eigenvalue weighted by atomic mass is 19.3. The summed E-state index contributed by atoms with van der Waals surface area (Å²) in [5.41, 5.74) is 3.62. The maximum Gasteiger partial charge on any atom is 0.282 e. The molecule has 0 aliphatic heterocycles. The maximum absolute atomic E-state index is 12.5. The van der Waals surface area contributed by atoms with Gasteiger partial charge in [-0.25, -0.2) is 13.5 Å². The molecule has 1 rings (SSSR count). The molecule has 1 aromatic rings. The van der Waals surface area contributed by atoms with E-state index in [0.29, 0.717) is 0 Å². The van der Waals surface area contributed by atoms with Crippen LogP contribution in [0.4, 0.5) is 8.78 Å². The summed E-state index contributed by atoms with van der Waals surface area (Å²) >= 11 is 0. The van der Waals surface area contributed by atoms with Gasteiger partial charge in [-0.3, -0.25) is 4.79 Å². The Labute approximate surface area is 83.7 Å². The van der Waals surface area contributed by atoms with Gasteiger partial charge in [0.15, 0.2) is 5.69 Å². The van der Waals surface area contributed by atoms with Crippen molar-refractivity contribution in [1.29, 1.82) is 0 Å². The molecule has 0 saturated carbocycles. The van der Waals surface area contributed by atoms with E-state index in [1.165, 1.54) is 6.92 Å². The SMILES string of the molecule is CC(O)Cn1nnc(C(N)=O)c1C(F)F. The van der Waals surface area contributed by atoms with Crippen molar-refractivity contribution in [3.8, 4) is 0 Å². The highest BCUT2D eigenvalue weighted by Gasteiger charge is 2.25. The van der Waals surface area contributed by atoms with E-state index in [-0.39, 0.29) is 6.54 Å². The largest absolute Gasteiger partial charge is 0.391 e. The van der Waals surface area contributed by atoms with E-state index >= 15 is 0 Å². The number of carbonyl (C=O) groups excluding carboxylic acids is 1. The maximum atomic E-state index is 12.5. The molecule has 6 nitrogen and oxygen atoms in total. The van der Waals surface area contributed by atoms with E-state index in [4.69, 9.17) is 10.8 Å². The number of aromatic nitrogens is 3. The number of hydrogen-bond acceptors (Lipinski definition) is 4. The van der Waals surface area contributed by atoms with Gasteiger partial charge in [0.25, 0.3) is 12.3 Å². The van der Waals surface area contributed by atoms with E-state index in [2.05, 4.69) is 10.3 Å². The Balaban J connectivity index is 3.12. The molecular weight excluding hydrogens is 210 g/mol. The van der Waals surface area contributed by atoms with Crippen molar-refractivity contribution in [2.75, 3.05) is 0 Å². The van der Waals surface area contributed by atoms with Crippen LogP contribution in [-0.4, -0.2) is 32.1 Å². The number of nitrogens with two attached hydrogens (primary N) is 1. The fourth-order valence-electron chi connectivity index (χ4n) is 1.10. The molecule has 0 aliphatic rings. The van der Waals surface area contributed by atoms with Crippen molar-refractivity contribution < 1.29 is 18.7 Å². The third-order valence-corrected chi connectivity index (χ3v) is 1.65. The number of primary amides is 1. The first-order valence-electron chi connectivity index (χ1n) is 4.13. The molecule has 0 fully saturated rings. The van der Waals surface area contributed by atoms with E-state index in [9.17, 15) is 13.6 Å². The molecule has 0 aliphatic carbocycles. The van der Waals surface area contributed by atoms with E-state index in [1.54, 1.807) is 0 Å². The molecule has 1 aromatic heterocycles. The second kappa shape index (κ2) is 4.30. The summed E-state index contributed by atoms with van der Waals surface area (Å²) in [6.07, 6.45) is -3.79. The van der Waals surface area contributed by atoms with Gasteiger partial charge in [-0.05, 0) is 6.92 Å². The number of amides is 1. The van der Waals surface area contributed by atoms with Crippen molar-refractivity contribution >= 4 is 5.91 Å². The Morgan fingerprint density at radius 2 is 2.27 bits per heavy atom. The van der Waals surface area contributed by atoms with Crippen LogP contribution in [0.5, 0.6) is 0 Å². The lowest BCUT2D eigenvalue weighted by atomic mass is 10.3. The normalized spacial score (nSPS) is 13.1. The molecule has 15 heavy (non-hydrogen) atoms. The first-order chi connectivity index (χ1) is 6.93. The van der Waals surface area contributed by atoms with Crippen LogP contribution in [0, 0.1) is 0 Å². The predicted molar refractivity (Wildman–Crippen MR) is 45.2 cm³/mol. The van der Waals surface area contributed by atoms with Crippen molar-refractivity contribution in [1.82, 2.24) is 15.0 Å². The summed E-state index contributed by atoms with van der Waals surface area (Å²) < 4.78 is 25.9. The Kier molecular flexibility index (Phi) is 3.30. The number of halogens is 2. The summed E-state index contributed by atoms with van der Waals surface area (Å²) in [4.78, 5) is 10.7. The Morgan fingerprint density at radius 3 is 2.67 bits per heavy atom. The third-order valence-electron chi connectivity index (χ3n) is 1.65. The molecule has 0 saturated heterocycles. The van der Waals surface area contributed by atoms with E-state index in [0.717, 1.165) is 4.68 Å². The zero-order valence-electron chi connectivity index (χ0n) is 7.89. The van der Waals surface area contributed by atoms with Gasteiger partial charge in [0.1, 0.15) is 5.69 Å². The minimum absolute atomic E-state index is 0.167. The second-order valence-electron chi connectivity index (χ2n) is 3.02. The number of carbonyl (C=O) groups is 1. The molecule has 8 heteroatoms. The van der Waals surface area contributed by atoms with Gasteiger partial charge in [-0.15, -0.1) is 5.10 Å². The van der Waals surface area contributed by atoms with Gasteiger partial charge < -0.3 is 10.8 Å². The topological polar surface area (TPSA) is 94.0 Å². The fraction of sp³-hybridized carbons (Fsp3) is 0.571. The first kappa shape index (κ1) is 11.5. The van der Waals surface area contributed by atoms with Gasteiger partial charge in [-0.1, -0.05) is 5.21 Å². The van der Waals surface area contributed by atoms with E-state index in [1.807, 2.05) is 0 Å². The summed E-state index contributed by atoms with van der Waals surface area (Å²) in [7, 11) is 0. The molecule has 1 unspecified atom stereocenters. The van der Waals surface area contributed by atoms with E-state index < -0.39 is 29.8 Å². The molecule has 0 spiro atoms. The van der Waals surface area contributed by atoms with Crippen molar-refractivity contribution in [2.45, 2.75) is 26.0 Å². The standard InChI is InChI=1S/C7H10F2N4O2/c1-3(14)2-13-5(6(8)9)4(7(10)15)11-12-13/h3,6,14H,2H2,1H3,(H2,10,15). The van der Waals surface area contributed by atoms with Crippen LogP contribution in [-0.2, 0) is 6.54 Å². The summed E-state index contributed by atoms with van der Waals surface area (Å²) in [5.74, 6) is -1.07. The number of aliphatic hydroxyl groups excluding tert-OH is 1. The van der Waals surface area contributed by atoms with Gasteiger partial charge >= 0.3 is 0 Å². The zero-order valence-corrected chi connectivity index (χ0v) is 7.89. The molecule has 84 valence electrons. The lowest BCUT2D eigenvalue weighted by Crippen LogP contribution is -2.18. The molecule has 0 bridgehead atoms. The van der Waals surface area contributed by atoms with Crippen LogP contribution < -0.4 is 5.73 Å². The lowest BCUT2D eigenvalue weighted by molar-refractivity contribution is 0.0971. The van der Waals surface area contributed by atoms with Crippen LogP contribution in [0.15, 0.2) is 0 Å². The van der Waals surface area contributed by atoms with Gasteiger partial charge in [0.2, 0.25) is 0 Å². The van der Waals surface area contributed by atoms with Gasteiger partial charge in [0.05, 0.1) is 12.6 Å². The van der Waals surface area contributed by atoms with Crippen molar-refractivity contribution in [2.24, 2.45) is 5.73 Å². The average molecular weight is 220 g/mol. The van der Waals surface area contributed by atoms with Crippen LogP contribution in [0.3, 0.4) is 0 Å². The molecule has 1 atom stereocenters. The monoisotopic (exact) mass is 220 g/mol. The highest BCUT2D eigenvalue weighted by Crippen LogP contribution is 2.21. The van der Waals surface area contributed by atoms with Crippen LogP contribution in [0.25, 0.3) is 0 Å². The van der Waals surface area contributed by atoms with Gasteiger partial charge in [-0.2, -0.15) is 0 Å². The number of nitrogens with zero attached hydrogens (tertiary/aromatic N) is 3. The highest BCUT2D eigenvalue weighted by molar-refractivity contribution is 5.91. The number of rotatable bonds is 4. The lowest BCUT2D eigenvalue weighted by Gasteiger charge is -2.07. The minimum Gasteiger partial charge on any atom is -0.391 e. The quantitative estimate of drug-likeness (QED) is 0.728. The predicted octanol–water partition coefficient (Wildman–Crippen LogP) is -0.305.